The second-order valence-corrected chi connectivity index (χ2v) is 4.97. The number of hydrogen-bond donors (Lipinski definition) is 1. The summed E-state index contributed by atoms with van der Waals surface area (Å²) in [6, 6.07) is 10.2. The molecule has 0 radical (unpaired) electrons. The van der Waals surface area contributed by atoms with Gasteiger partial charge >= 0.3 is 0 Å². The number of nitrogens with one attached hydrogen (secondary N) is 1. The first-order valence-electron chi connectivity index (χ1n) is 6.78. The highest BCUT2D eigenvalue weighted by Crippen LogP contribution is 2.27. The number of aryl methyl sites for hydroxylation is 1. The van der Waals surface area contributed by atoms with E-state index < -0.39 is 0 Å². The average Bonchev–Trinajstić information content (AvgIpc) is 2.82. The third-order valence-electron chi connectivity index (χ3n) is 3.61. The first-order valence-corrected chi connectivity index (χ1v) is 6.78. The van der Waals surface area contributed by atoms with Gasteiger partial charge in [0.2, 0.25) is 0 Å². The van der Waals surface area contributed by atoms with Crippen LogP contribution in [0.3, 0.4) is 0 Å². The van der Waals surface area contributed by atoms with Crippen molar-refractivity contribution in [2.45, 2.75) is 13.5 Å². The molecule has 2 aromatic rings. The van der Waals surface area contributed by atoms with Crippen LogP contribution in [-0.4, -0.2) is 36.2 Å². The van der Waals surface area contributed by atoms with Gasteiger partial charge in [-0.05, 0) is 6.92 Å². The van der Waals surface area contributed by atoms with Crippen molar-refractivity contribution in [3.8, 4) is 11.3 Å². The van der Waals surface area contributed by atoms with Gasteiger partial charge in [0.1, 0.15) is 0 Å². The van der Waals surface area contributed by atoms with Crippen molar-refractivity contribution in [1.29, 1.82) is 0 Å². The highest BCUT2D eigenvalue weighted by Gasteiger charge is 2.18. The monoisotopic (exact) mass is 257 g/mol. The molecule has 3 rings (SSSR count). The molecule has 100 valence electrons. The minimum atomic E-state index is 0.914. The van der Waals surface area contributed by atoms with Gasteiger partial charge in [0.05, 0.1) is 5.69 Å². The molecule has 1 fully saturated rings. The van der Waals surface area contributed by atoms with Crippen LogP contribution in [0.15, 0.2) is 34.9 Å². The molecule has 0 spiro atoms. The van der Waals surface area contributed by atoms with Crippen LogP contribution in [0.2, 0.25) is 0 Å². The molecule has 0 atom stereocenters. The van der Waals surface area contributed by atoms with Crippen molar-refractivity contribution in [2.24, 2.45) is 0 Å². The Morgan fingerprint density at radius 1 is 1.21 bits per heavy atom. The van der Waals surface area contributed by atoms with Crippen LogP contribution in [-0.2, 0) is 6.54 Å². The van der Waals surface area contributed by atoms with Crippen LogP contribution in [0.4, 0.5) is 0 Å². The maximum Gasteiger partial charge on any atom is 0.171 e. The number of aromatic nitrogens is 1. The standard InChI is InChI=1S/C15H19N3O/c1-12-14(11-18-9-7-16-8-10-18)15(19-17-12)13-5-3-2-4-6-13/h2-6,16H,7-11H2,1H3. The molecule has 1 aromatic carbocycles. The quantitative estimate of drug-likeness (QED) is 0.913. The van der Waals surface area contributed by atoms with E-state index in [-0.39, 0.29) is 0 Å². The first kappa shape index (κ1) is 12.4. The van der Waals surface area contributed by atoms with Gasteiger partial charge in [-0.25, -0.2) is 0 Å². The van der Waals surface area contributed by atoms with E-state index in [9.17, 15) is 0 Å². The fourth-order valence-electron chi connectivity index (χ4n) is 2.48. The molecule has 0 unspecified atom stereocenters. The summed E-state index contributed by atoms with van der Waals surface area (Å²) in [5.41, 5.74) is 3.32. The average molecular weight is 257 g/mol. The Morgan fingerprint density at radius 2 is 1.95 bits per heavy atom. The Balaban J connectivity index is 1.86. The highest BCUT2D eigenvalue weighted by molar-refractivity contribution is 5.61. The first-order chi connectivity index (χ1) is 9.34. The number of nitrogens with zero attached hydrogens (tertiary/aromatic N) is 2. The largest absolute Gasteiger partial charge is 0.356 e. The predicted molar refractivity (Wildman–Crippen MR) is 74.8 cm³/mol. The lowest BCUT2D eigenvalue weighted by Gasteiger charge is -2.27. The van der Waals surface area contributed by atoms with Crippen LogP contribution in [0, 0.1) is 6.92 Å². The molecule has 19 heavy (non-hydrogen) atoms. The predicted octanol–water partition coefficient (Wildman–Crippen LogP) is 2.06. The van der Waals surface area contributed by atoms with E-state index in [2.05, 4.69) is 27.5 Å². The van der Waals surface area contributed by atoms with Gasteiger partial charge in [-0.15, -0.1) is 0 Å². The van der Waals surface area contributed by atoms with Gasteiger partial charge in [-0.3, -0.25) is 4.90 Å². The summed E-state index contributed by atoms with van der Waals surface area (Å²) in [6.45, 7) is 7.22. The van der Waals surface area contributed by atoms with Crippen LogP contribution in [0.5, 0.6) is 0 Å². The maximum atomic E-state index is 5.53. The number of hydrogen-bond acceptors (Lipinski definition) is 4. The third-order valence-corrected chi connectivity index (χ3v) is 3.61. The molecule has 1 aliphatic rings. The van der Waals surface area contributed by atoms with Gasteiger partial charge in [-0.2, -0.15) is 0 Å². The summed E-state index contributed by atoms with van der Waals surface area (Å²) in [6.07, 6.45) is 0. The van der Waals surface area contributed by atoms with Crippen molar-refractivity contribution in [2.75, 3.05) is 26.2 Å². The maximum absolute atomic E-state index is 5.53. The second kappa shape index (κ2) is 5.55. The molecule has 1 aliphatic heterocycles. The van der Waals surface area contributed by atoms with Gasteiger partial charge < -0.3 is 9.84 Å². The fraction of sp³-hybridized carbons (Fsp3) is 0.400. The second-order valence-electron chi connectivity index (χ2n) is 4.97. The SMILES string of the molecule is Cc1noc(-c2ccccc2)c1CN1CCNCC1. The lowest BCUT2D eigenvalue weighted by molar-refractivity contribution is 0.233. The van der Waals surface area contributed by atoms with E-state index >= 15 is 0 Å². The summed E-state index contributed by atoms with van der Waals surface area (Å²) in [7, 11) is 0. The van der Waals surface area contributed by atoms with Gasteiger partial charge in [0.15, 0.2) is 5.76 Å². The van der Waals surface area contributed by atoms with Crippen LogP contribution in [0.1, 0.15) is 11.3 Å². The lowest BCUT2D eigenvalue weighted by atomic mass is 10.1. The van der Waals surface area contributed by atoms with E-state index in [4.69, 9.17) is 4.52 Å². The summed E-state index contributed by atoms with van der Waals surface area (Å²) < 4.78 is 5.53. The molecule has 1 saturated heterocycles. The topological polar surface area (TPSA) is 41.3 Å². The zero-order chi connectivity index (χ0) is 13.1. The summed E-state index contributed by atoms with van der Waals surface area (Å²) in [5.74, 6) is 0.914. The molecular weight excluding hydrogens is 238 g/mol. The zero-order valence-electron chi connectivity index (χ0n) is 11.2. The Labute approximate surface area is 113 Å². The minimum absolute atomic E-state index is 0.914. The van der Waals surface area contributed by atoms with Crippen LogP contribution < -0.4 is 5.32 Å². The third kappa shape index (κ3) is 2.69. The fourth-order valence-corrected chi connectivity index (χ4v) is 2.48. The smallest absolute Gasteiger partial charge is 0.171 e. The van der Waals surface area contributed by atoms with Crippen molar-refractivity contribution >= 4 is 0 Å². The highest BCUT2D eigenvalue weighted by atomic mass is 16.5. The molecule has 1 N–H and O–H groups in total. The van der Waals surface area contributed by atoms with Gasteiger partial charge in [0, 0.05) is 43.9 Å². The molecule has 0 bridgehead atoms. The van der Waals surface area contributed by atoms with E-state index in [1.807, 2.05) is 25.1 Å². The Kier molecular flexibility index (Phi) is 3.62. The normalized spacial score (nSPS) is 16.7. The van der Waals surface area contributed by atoms with E-state index in [0.29, 0.717) is 0 Å². The summed E-state index contributed by atoms with van der Waals surface area (Å²) >= 11 is 0. The molecular formula is C15H19N3O. The van der Waals surface area contributed by atoms with Crippen LogP contribution in [0.25, 0.3) is 11.3 Å². The van der Waals surface area contributed by atoms with Crippen molar-refractivity contribution in [3.05, 3.63) is 41.6 Å². The van der Waals surface area contributed by atoms with Crippen molar-refractivity contribution in [1.82, 2.24) is 15.4 Å². The van der Waals surface area contributed by atoms with E-state index in [1.54, 1.807) is 0 Å². The number of benzene rings is 1. The number of rotatable bonds is 3. The van der Waals surface area contributed by atoms with E-state index in [1.165, 1.54) is 5.56 Å². The lowest BCUT2D eigenvalue weighted by Crippen LogP contribution is -2.43. The zero-order valence-corrected chi connectivity index (χ0v) is 11.2. The minimum Gasteiger partial charge on any atom is -0.356 e. The molecule has 4 nitrogen and oxygen atoms in total. The summed E-state index contributed by atoms with van der Waals surface area (Å²) in [4.78, 5) is 2.45. The van der Waals surface area contributed by atoms with Crippen molar-refractivity contribution < 1.29 is 4.52 Å². The Morgan fingerprint density at radius 3 is 2.68 bits per heavy atom. The molecule has 0 saturated carbocycles. The summed E-state index contributed by atoms with van der Waals surface area (Å²) in [5, 5.41) is 7.52. The Hall–Kier alpha value is -1.65. The Bertz CT molecular complexity index is 530. The molecule has 2 heterocycles. The molecule has 1 aromatic heterocycles. The van der Waals surface area contributed by atoms with Gasteiger partial charge in [-0.1, -0.05) is 35.5 Å². The molecule has 4 heteroatoms. The van der Waals surface area contributed by atoms with Gasteiger partial charge in [0.25, 0.3) is 0 Å². The van der Waals surface area contributed by atoms with E-state index in [0.717, 1.165) is 49.7 Å². The molecule has 0 amide bonds. The number of piperazine rings is 1. The van der Waals surface area contributed by atoms with Crippen molar-refractivity contribution in [3.63, 3.8) is 0 Å². The van der Waals surface area contributed by atoms with Crippen LogP contribution >= 0.6 is 0 Å². The molecule has 0 aliphatic carbocycles.